The van der Waals surface area contributed by atoms with Gasteiger partial charge in [0.25, 0.3) is 10.0 Å². The largest absolute Gasteiger partial charge is 0.480 e. The van der Waals surface area contributed by atoms with E-state index in [9.17, 15) is 18.0 Å². The van der Waals surface area contributed by atoms with Crippen LogP contribution in [0.25, 0.3) is 0 Å². The van der Waals surface area contributed by atoms with E-state index in [0.29, 0.717) is 5.01 Å². The van der Waals surface area contributed by atoms with E-state index in [4.69, 9.17) is 10.8 Å². The number of primary amides is 1. The van der Waals surface area contributed by atoms with Crippen LogP contribution in [0.4, 0.5) is 0 Å². The van der Waals surface area contributed by atoms with E-state index < -0.39 is 34.4 Å². The van der Waals surface area contributed by atoms with Crippen molar-refractivity contribution in [3.05, 3.63) is 11.2 Å². The molecule has 1 atom stereocenters. The number of hydrogen-bond acceptors (Lipinski definition) is 6. The molecule has 4 N–H and O–H groups in total. The number of carbonyl (C=O) groups excluding carboxylic acids is 1. The second-order valence-corrected chi connectivity index (χ2v) is 6.56. The van der Waals surface area contributed by atoms with Crippen molar-refractivity contribution in [2.45, 2.75) is 23.6 Å². The lowest BCUT2D eigenvalue weighted by molar-refractivity contribution is -0.140. The van der Waals surface area contributed by atoms with Crippen LogP contribution in [-0.2, 0) is 19.6 Å². The molecular weight excluding hydrogens is 282 g/mol. The number of nitrogens with zero attached hydrogens (tertiary/aromatic N) is 1. The van der Waals surface area contributed by atoms with Crippen LogP contribution in [0.1, 0.15) is 11.4 Å². The Labute approximate surface area is 107 Å². The summed E-state index contributed by atoms with van der Waals surface area (Å²) in [5, 5.41) is 9.32. The zero-order chi connectivity index (χ0) is 13.9. The molecule has 8 nitrogen and oxygen atoms in total. The maximum atomic E-state index is 11.8. The second kappa shape index (κ2) is 5.42. The molecule has 18 heavy (non-hydrogen) atoms. The number of nitrogens with one attached hydrogen (secondary N) is 1. The van der Waals surface area contributed by atoms with Crippen molar-refractivity contribution in [1.82, 2.24) is 9.71 Å². The summed E-state index contributed by atoms with van der Waals surface area (Å²) in [6.45, 7) is 1.61. The number of amides is 1. The fourth-order valence-corrected chi connectivity index (χ4v) is 3.41. The third-order valence-corrected chi connectivity index (χ3v) is 4.71. The van der Waals surface area contributed by atoms with Crippen molar-refractivity contribution >= 4 is 33.2 Å². The van der Waals surface area contributed by atoms with Crippen LogP contribution in [-0.4, -0.2) is 36.4 Å². The lowest BCUT2D eigenvalue weighted by Crippen LogP contribution is -2.43. The average Bonchev–Trinajstić information content (AvgIpc) is 2.63. The maximum absolute atomic E-state index is 11.8. The Morgan fingerprint density at radius 2 is 2.22 bits per heavy atom. The summed E-state index contributed by atoms with van der Waals surface area (Å²) < 4.78 is 25.4. The molecule has 0 spiro atoms. The summed E-state index contributed by atoms with van der Waals surface area (Å²) >= 11 is 0.897. The van der Waals surface area contributed by atoms with Gasteiger partial charge in [0.15, 0.2) is 4.21 Å². The van der Waals surface area contributed by atoms with E-state index in [2.05, 4.69) is 4.98 Å². The third kappa shape index (κ3) is 3.75. The van der Waals surface area contributed by atoms with Crippen LogP contribution in [0.15, 0.2) is 10.4 Å². The molecule has 0 fully saturated rings. The Morgan fingerprint density at radius 1 is 1.61 bits per heavy atom. The molecule has 1 amide bonds. The monoisotopic (exact) mass is 293 g/mol. The predicted molar refractivity (Wildman–Crippen MR) is 62.4 cm³/mol. The highest BCUT2D eigenvalue weighted by Crippen LogP contribution is 2.18. The van der Waals surface area contributed by atoms with E-state index >= 15 is 0 Å². The molecule has 1 rings (SSSR count). The normalized spacial score (nSPS) is 13.2. The minimum atomic E-state index is -4.01. The van der Waals surface area contributed by atoms with Crippen molar-refractivity contribution in [3.8, 4) is 0 Å². The van der Waals surface area contributed by atoms with E-state index in [1.807, 2.05) is 4.72 Å². The fraction of sp³-hybridized carbons (Fsp3) is 0.375. The first-order chi connectivity index (χ1) is 8.22. The maximum Gasteiger partial charge on any atom is 0.322 e. The van der Waals surface area contributed by atoms with Gasteiger partial charge in [0, 0.05) is 0 Å². The standard InChI is InChI=1S/C8H11N3O5S2/c1-4-10-3-7(17-4)18(15,16)11-5(8(13)14)2-6(9)12/h3,5,11H,2H2,1H3,(H2,9,12)(H,13,14)/t5-/m0/s1. The van der Waals surface area contributed by atoms with Crippen molar-refractivity contribution in [2.24, 2.45) is 5.73 Å². The van der Waals surface area contributed by atoms with Gasteiger partial charge in [-0.1, -0.05) is 0 Å². The molecule has 0 unspecified atom stereocenters. The number of rotatable bonds is 6. The summed E-state index contributed by atoms with van der Waals surface area (Å²) in [5.41, 5.74) is 4.85. The number of sulfonamides is 1. The van der Waals surface area contributed by atoms with E-state index in [1.54, 1.807) is 6.92 Å². The predicted octanol–water partition coefficient (Wildman–Crippen LogP) is -0.942. The quantitative estimate of drug-likeness (QED) is 0.618. The van der Waals surface area contributed by atoms with Crippen LogP contribution in [0, 0.1) is 6.92 Å². The van der Waals surface area contributed by atoms with Crippen LogP contribution in [0.3, 0.4) is 0 Å². The Hall–Kier alpha value is -1.52. The first-order valence-electron chi connectivity index (χ1n) is 4.68. The van der Waals surface area contributed by atoms with Gasteiger partial charge in [0.2, 0.25) is 5.91 Å². The molecule has 1 heterocycles. The highest BCUT2D eigenvalue weighted by Gasteiger charge is 2.28. The van der Waals surface area contributed by atoms with Gasteiger partial charge in [-0.2, -0.15) is 4.72 Å². The number of carbonyl (C=O) groups is 2. The molecule has 0 radical (unpaired) electrons. The number of aliphatic carboxylic acids is 1. The van der Waals surface area contributed by atoms with E-state index in [1.165, 1.54) is 0 Å². The van der Waals surface area contributed by atoms with Crippen LogP contribution >= 0.6 is 11.3 Å². The van der Waals surface area contributed by atoms with Crippen molar-refractivity contribution in [1.29, 1.82) is 0 Å². The number of hydrogen-bond donors (Lipinski definition) is 3. The average molecular weight is 293 g/mol. The molecule has 0 aliphatic rings. The molecule has 0 bridgehead atoms. The molecule has 1 aromatic rings. The number of thiazole rings is 1. The first-order valence-corrected chi connectivity index (χ1v) is 6.98. The van der Waals surface area contributed by atoms with Gasteiger partial charge in [0.05, 0.1) is 17.6 Å². The number of nitrogens with two attached hydrogens (primary N) is 1. The third-order valence-electron chi connectivity index (χ3n) is 1.87. The lowest BCUT2D eigenvalue weighted by Gasteiger charge is -2.11. The highest BCUT2D eigenvalue weighted by molar-refractivity contribution is 7.91. The van der Waals surface area contributed by atoms with E-state index in [-0.39, 0.29) is 4.21 Å². The molecular formula is C8H11N3O5S2. The smallest absolute Gasteiger partial charge is 0.322 e. The van der Waals surface area contributed by atoms with Crippen molar-refractivity contribution in [3.63, 3.8) is 0 Å². The molecule has 10 heteroatoms. The van der Waals surface area contributed by atoms with Gasteiger partial charge in [-0.25, -0.2) is 13.4 Å². The first kappa shape index (κ1) is 14.5. The van der Waals surface area contributed by atoms with Crippen LogP contribution in [0.5, 0.6) is 0 Å². The van der Waals surface area contributed by atoms with E-state index in [0.717, 1.165) is 17.5 Å². The summed E-state index contributed by atoms with van der Waals surface area (Å²) in [6.07, 6.45) is 0.498. The summed E-state index contributed by atoms with van der Waals surface area (Å²) in [5.74, 6) is -2.39. The van der Waals surface area contributed by atoms with Gasteiger partial charge in [-0.3, -0.25) is 9.59 Å². The summed E-state index contributed by atoms with van der Waals surface area (Å²) in [6, 6.07) is -1.59. The summed E-state index contributed by atoms with van der Waals surface area (Å²) in [4.78, 5) is 25.2. The van der Waals surface area contributed by atoms with Gasteiger partial charge < -0.3 is 10.8 Å². The summed E-state index contributed by atoms with van der Waals surface area (Å²) in [7, 11) is -4.01. The van der Waals surface area contributed by atoms with Gasteiger partial charge in [-0.15, -0.1) is 11.3 Å². The molecule has 0 saturated heterocycles. The lowest BCUT2D eigenvalue weighted by atomic mass is 10.2. The number of aromatic nitrogens is 1. The zero-order valence-corrected chi connectivity index (χ0v) is 10.9. The Kier molecular flexibility index (Phi) is 4.38. The number of carboxylic acid groups (broad SMARTS) is 1. The Bertz CT molecular complexity index is 565. The zero-order valence-electron chi connectivity index (χ0n) is 9.28. The molecule has 0 aromatic carbocycles. The number of aryl methyl sites for hydroxylation is 1. The minimum absolute atomic E-state index is 0.115. The van der Waals surface area contributed by atoms with Crippen molar-refractivity contribution < 1.29 is 23.1 Å². The molecule has 1 aromatic heterocycles. The molecule has 0 aliphatic carbocycles. The van der Waals surface area contributed by atoms with Gasteiger partial charge >= 0.3 is 5.97 Å². The second-order valence-electron chi connectivity index (χ2n) is 3.38. The van der Waals surface area contributed by atoms with Crippen LogP contribution in [0.2, 0.25) is 0 Å². The van der Waals surface area contributed by atoms with Crippen molar-refractivity contribution in [2.75, 3.05) is 0 Å². The fourth-order valence-electron chi connectivity index (χ4n) is 1.09. The Morgan fingerprint density at radius 3 is 2.61 bits per heavy atom. The minimum Gasteiger partial charge on any atom is -0.480 e. The topological polar surface area (TPSA) is 139 Å². The van der Waals surface area contributed by atoms with Gasteiger partial charge in [-0.05, 0) is 6.92 Å². The SMILES string of the molecule is Cc1ncc(S(=O)(=O)N[C@@H](CC(N)=O)C(=O)O)s1. The molecule has 100 valence electrons. The molecule has 0 saturated carbocycles. The van der Waals surface area contributed by atoms with Gasteiger partial charge in [0.1, 0.15) is 6.04 Å². The molecule has 0 aliphatic heterocycles. The number of carboxylic acids is 1. The van der Waals surface area contributed by atoms with Crippen LogP contribution < -0.4 is 10.5 Å². The Balaban J connectivity index is 2.93. The highest BCUT2D eigenvalue weighted by atomic mass is 32.2.